The van der Waals surface area contributed by atoms with E-state index >= 15 is 0 Å². The Morgan fingerprint density at radius 2 is 1.74 bits per heavy atom. The molecule has 27 heavy (non-hydrogen) atoms. The van der Waals surface area contributed by atoms with E-state index in [1.54, 1.807) is 7.11 Å². The number of hydrogen-bond donors (Lipinski definition) is 2. The first kappa shape index (κ1) is 20.8. The molecule has 2 N–H and O–H groups in total. The standard InChI is InChI=1S/C22H30N2O3/c1-4-24(5-2)15-14-22(17-23-21(25)26,18-10-7-6-8-11-18)19-12-9-13-20(16-19)27-3/h6-13,16,23H,4-5,14-15,17H2,1-3H3,(H,25,26). The largest absolute Gasteiger partial charge is 0.497 e. The van der Waals surface area contributed by atoms with Crippen LogP contribution in [0.25, 0.3) is 0 Å². The molecule has 1 atom stereocenters. The number of carboxylic acid groups (broad SMARTS) is 1. The molecule has 0 aromatic heterocycles. The minimum atomic E-state index is -1.01. The summed E-state index contributed by atoms with van der Waals surface area (Å²) in [5.74, 6) is 0.769. The summed E-state index contributed by atoms with van der Waals surface area (Å²) in [5, 5.41) is 11.9. The highest BCUT2D eigenvalue weighted by molar-refractivity contribution is 5.65. The summed E-state index contributed by atoms with van der Waals surface area (Å²) in [4.78, 5) is 13.7. The van der Waals surface area contributed by atoms with Crippen LogP contribution in [-0.4, -0.2) is 49.4 Å². The van der Waals surface area contributed by atoms with Gasteiger partial charge in [0.1, 0.15) is 5.75 Å². The number of ether oxygens (including phenoxy) is 1. The lowest BCUT2D eigenvalue weighted by molar-refractivity contribution is 0.190. The normalized spacial score (nSPS) is 13.2. The van der Waals surface area contributed by atoms with Crippen LogP contribution in [-0.2, 0) is 5.41 Å². The molecule has 5 nitrogen and oxygen atoms in total. The topological polar surface area (TPSA) is 61.8 Å². The van der Waals surface area contributed by atoms with E-state index in [4.69, 9.17) is 4.74 Å². The Labute approximate surface area is 162 Å². The lowest BCUT2D eigenvalue weighted by atomic mass is 9.71. The summed E-state index contributed by atoms with van der Waals surface area (Å²) >= 11 is 0. The molecule has 0 aliphatic heterocycles. The number of nitrogens with zero attached hydrogens (tertiary/aromatic N) is 1. The van der Waals surface area contributed by atoms with Crippen LogP contribution >= 0.6 is 0 Å². The Balaban J connectivity index is 2.54. The summed E-state index contributed by atoms with van der Waals surface area (Å²) in [5.41, 5.74) is 1.67. The molecular formula is C22H30N2O3. The molecule has 2 aromatic rings. The van der Waals surface area contributed by atoms with Crippen LogP contribution in [0, 0.1) is 0 Å². The third-order valence-electron chi connectivity index (χ3n) is 5.24. The van der Waals surface area contributed by atoms with E-state index in [1.165, 1.54) is 0 Å². The summed E-state index contributed by atoms with van der Waals surface area (Å²) in [7, 11) is 1.65. The van der Waals surface area contributed by atoms with Gasteiger partial charge in [0.05, 0.1) is 7.11 Å². The van der Waals surface area contributed by atoms with Gasteiger partial charge < -0.3 is 20.1 Å². The van der Waals surface area contributed by atoms with E-state index in [0.717, 1.165) is 42.9 Å². The fraction of sp³-hybridized carbons (Fsp3) is 0.409. The summed E-state index contributed by atoms with van der Waals surface area (Å²) in [6.07, 6.45) is -0.215. The van der Waals surface area contributed by atoms with Gasteiger partial charge in [-0.2, -0.15) is 0 Å². The van der Waals surface area contributed by atoms with Crippen molar-refractivity contribution >= 4 is 6.09 Å². The van der Waals surface area contributed by atoms with Crippen molar-refractivity contribution in [3.8, 4) is 5.75 Å². The Morgan fingerprint density at radius 3 is 2.33 bits per heavy atom. The molecule has 2 aromatic carbocycles. The average Bonchev–Trinajstić information content (AvgIpc) is 2.71. The van der Waals surface area contributed by atoms with Gasteiger partial charge in [0, 0.05) is 12.0 Å². The number of rotatable bonds is 10. The average molecular weight is 370 g/mol. The number of carbonyl (C=O) groups is 1. The number of hydrogen-bond acceptors (Lipinski definition) is 3. The van der Waals surface area contributed by atoms with Crippen LogP contribution in [0.1, 0.15) is 31.4 Å². The van der Waals surface area contributed by atoms with E-state index < -0.39 is 11.5 Å². The number of nitrogens with one attached hydrogen (secondary N) is 1. The van der Waals surface area contributed by atoms with Gasteiger partial charge in [0.15, 0.2) is 0 Å². The quantitative estimate of drug-likeness (QED) is 0.664. The summed E-state index contributed by atoms with van der Waals surface area (Å²) < 4.78 is 5.43. The second kappa shape index (κ2) is 9.97. The second-order valence-corrected chi connectivity index (χ2v) is 6.62. The molecule has 146 valence electrons. The highest BCUT2D eigenvalue weighted by Gasteiger charge is 2.35. The molecule has 0 saturated carbocycles. The number of methoxy groups -OCH3 is 1. The van der Waals surface area contributed by atoms with Crippen molar-refractivity contribution in [2.75, 3.05) is 33.3 Å². The van der Waals surface area contributed by atoms with Crippen molar-refractivity contribution in [1.82, 2.24) is 10.2 Å². The maximum Gasteiger partial charge on any atom is 0.404 e. The van der Waals surface area contributed by atoms with Crippen LogP contribution in [0.15, 0.2) is 54.6 Å². The van der Waals surface area contributed by atoms with Gasteiger partial charge in [-0.3, -0.25) is 0 Å². The molecular weight excluding hydrogens is 340 g/mol. The fourth-order valence-corrected chi connectivity index (χ4v) is 3.54. The van der Waals surface area contributed by atoms with Gasteiger partial charge in [0.25, 0.3) is 0 Å². The van der Waals surface area contributed by atoms with Crippen molar-refractivity contribution in [1.29, 1.82) is 0 Å². The smallest absolute Gasteiger partial charge is 0.404 e. The zero-order valence-electron chi connectivity index (χ0n) is 16.4. The van der Waals surface area contributed by atoms with Crippen LogP contribution in [0.4, 0.5) is 4.79 Å². The Morgan fingerprint density at radius 1 is 1.07 bits per heavy atom. The van der Waals surface area contributed by atoms with E-state index in [9.17, 15) is 9.90 Å². The Hall–Kier alpha value is -2.53. The number of benzene rings is 2. The highest BCUT2D eigenvalue weighted by Crippen LogP contribution is 2.37. The predicted octanol–water partition coefficient (Wildman–Crippen LogP) is 3.98. The van der Waals surface area contributed by atoms with Crippen molar-refractivity contribution in [3.63, 3.8) is 0 Å². The minimum Gasteiger partial charge on any atom is -0.497 e. The molecule has 0 fully saturated rings. The maximum atomic E-state index is 11.3. The van der Waals surface area contributed by atoms with Crippen molar-refractivity contribution in [2.24, 2.45) is 0 Å². The van der Waals surface area contributed by atoms with Crippen LogP contribution in [0.5, 0.6) is 5.75 Å². The van der Waals surface area contributed by atoms with E-state index in [-0.39, 0.29) is 0 Å². The van der Waals surface area contributed by atoms with Gasteiger partial charge in [0.2, 0.25) is 0 Å². The highest BCUT2D eigenvalue weighted by atomic mass is 16.5. The first-order chi connectivity index (χ1) is 13.1. The molecule has 0 radical (unpaired) electrons. The zero-order valence-corrected chi connectivity index (χ0v) is 16.4. The summed E-state index contributed by atoms with van der Waals surface area (Å²) in [6.45, 7) is 7.41. The molecule has 5 heteroatoms. The predicted molar refractivity (Wildman–Crippen MR) is 109 cm³/mol. The first-order valence-electron chi connectivity index (χ1n) is 9.45. The van der Waals surface area contributed by atoms with Crippen molar-refractivity contribution in [2.45, 2.75) is 25.7 Å². The molecule has 0 saturated heterocycles. The molecule has 0 aliphatic rings. The van der Waals surface area contributed by atoms with Gasteiger partial charge in [-0.25, -0.2) is 4.79 Å². The Bertz CT molecular complexity index is 717. The molecule has 0 heterocycles. The van der Waals surface area contributed by atoms with E-state index in [0.29, 0.717) is 6.54 Å². The minimum absolute atomic E-state index is 0.306. The Kier molecular flexibility index (Phi) is 7.67. The lowest BCUT2D eigenvalue weighted by Gasteiger charge is -2.37. The third-order valence-corrected chi connectivity index (χ3v) is 5.24. The molecule has 0 spiro atoms. The molecule has 1 unspecified atom stereocenters. The zero-order chi connectivity index (χ0) is 19.7. The van der Waals surface area contributed by atoms with Gasteiger partial charge >= 0.3 is 6.09 Å². The third kappa shape index (κ3) is 5.23. The van der Waals surface area contributed by atoms with E-state index in [2.05, 4.69) is 42.3 Å². The van der Waals surface area contributed by atoms with Crippen molar-refractivity contribution < 1.29 is 14.6 Å². The van der Waals surface area contributed by atoms with Crippen LogP contribution in [0.3, 0.4) is 0 Å². The van der Waals surface area contributed by atoms with Crippen molar-refractivity contribution in [3.05, 3.63) is 65.7 Å². The van der Waals surface area contributed by atoms with Crippen LogP contribution < -0.4 is 10.1 Å². The molecule has 0 aliphatic carbocycles. The first-order valence-corrected chi connectivity index (χ1v) is 9.45. The van der Waals surface area contributed by atoms with Gasteiger partial charge in [-0.1, -0.05) is 56.3 Å². The molecule has 1 amide bonds. The summed E-state index contributed by atoms with van der Waals surface area (Å²) in [6, 6.07) is 18.1. The SMILES string of the molecule is CCN(CC)CCC(CNC(=O)O)(c1ccccc1)c1cccc(OC)c1. The van der Waals surface area contributed by atoms with Gasteiger partial charge in [-0.15, -0.1) is 0 Å². The van der Waals surface area contributed by atoms with E-state index in [1.807, 2.05) is 36.4 Å². The maximum absolute atomic E-state index is 11.3. The monoisotopic (exact) mass is 370 g/mol. The molecule has 2 rings (SSSR count). The van der Waals surface area contributed by atoms with Gasteiger partial charge in [-0.05, 0) is 49.3 Å². The second-order valence-electron chi connectivity index (χ2n) is 6.62. The van der Waals surface area contributed by atoms with Crippen LogP contribution in [0.2, 0.25) is 0 Å². The molecule has 0 bridgehead atoms. The fourth-order valence-electron chi connectivity index (χ4n) is 3.54. The number of amides is 1. The lowest BCUT2D eigenvalue weighted by Crippen LogP contribution is -2.43.